The number of carbonyl (C=O) groups is 1. The highest BCUT2D eigenvalue weighted by Gasteiger charge is 2.21. The van der Waals surface area contributed by atoms with Crippen molar-refractivity contribution in [2.45, 2.75) is 5.25 Å². The summed E-state index contributed by atoms with van der Waals surface area (Å²) in [6.45, 7) is 1.08. The van der Waals surface area contributed by atoms with Crippen molar-refractivity contribution >= 4 is 22.8 Å². The fourth-order valence-electron chi connectivity index (χ4n) is 1.62. The first-order valence-corrected chi connectivity index (χ1v) is 6.75. The van der Waals surface area contributed by atoms with Crippen LogP contribution in [0.1, 0.15) is 10.8 Å². The zero-order chi connectivity index (χ0) is 13.0. The molecule has 1 unspecified atom stereocenters. The minimum absolute atomic E-state index is 0.0569. The van der Waals surface area contributed by atoms with Crippen LogP contribution in [0.4, 0.5) is 0 Å². The molecule has 0 fully saturated rings. The summed E-state index contributed by atoms with van der Waals surface area (Å²) >= 11 is 1.69. The van der Waals surface area contributed by atoms with Gasteiger partial charge in [0.1, 0.15) is 0 Å². The van der Waals surface area contributed by atoms with E-state index in [1.54, 1.807) is 30.8 Å². The van der Waals surface area contributed by atoms with E-state index in [0.29, 0.717) is 11.8 Å². The predicted octanol–water partition coefficient (Wildman–Crippen LogP) is 1.51. The number of benzene rings is 1. The lowest BCUT2D eigenvalue weighted by molar-refractivity contribution is -0.127. The van der Waals surface area contributed by atoms with Gasteiger partial charge in [-0.2, -0.15) is 0 Å². The van der Waals surface area contributed by atoms with Crippen LogP contribution >= 0.6 is 11.8 Å². The molecule has 5 heteroatoms. The van der Waals surface area contributed by atoms with Gasteiger partial charge in [-0.15, -0.1) is 0 Å². The highest BCUT2D eigenvalue weighted by atomic mass is 32.2. The van der Waals surface area contributed by atoms with Gasteiger partial charge in [0, 0.05) is 14.1 Å². The van der Waals surface area contributed by atoms with Crippen molar-refractivity contribution in [2.24, 2.45) is 4.99 Å². The van der Waals surface area contributed by atoms with E-state index in [2.05, 4.69) is 22.4 Å². The Hall–Kier alpha value is -1.49. The predicted molar refractivity (Wildman–Crippen MR) is 75.8 cm³/mol. The van der Waals surface area contributed by atoms with E-state index in [1.165, 1.54) is 5.56 Å². The van der Waals surface area contributed by atoms with E-state index in [9.17, 15) is 4.79 Å². The first-order chi connectivity index (χ1) is 8.66. The molecule has 96 valence electrons. The summed E-state index contributed by atoms with van der Waals surface area (Å²) in [4.78, 5) is 17.4. The summed E-state index contributed by atoms with van der Waals surface area (Å²) < 4.78 is 0. The van der Waals surface area contributed by atoms with Crippen molar-refractivity contribution in [3.8, 4) is 0 Å². The minimum atomic E-state index is 0.0569. The Kier molecular flexibility index (Phi) is 4.25. The number of amides is 1. The third-order valence-electron chi connectivity index (χ3n) is 2.72. The Morgan fingerprint density at radius 1 is 1.44 bits per heavy atom. The number of aliphatic imine (C=N–C) groups is 1. The number of hydrogen-bond acceptors (Lipinski definition) is 4. The summed E-state index contributed by atoms with van der Waals surface area (Å²) in [7, 11) is 3.50. The highest BCUT2D eigenvalue weighted by molar-refractivity contribution is 8.14. The summed E-state index contributed by atoms with van der Waals surface area (Å²) in [6, 6.07) is 10.3. The van der Waals surface area contributed by atoms with E-state index in [-0.39, 0.29) is 5.91 Å². The molecule has 18 heavy (non-hydrogen) atoms. The van der Waals surface area contributed by atoms with Crippen LogP contribution in [0.25, 0.3) is 0 Å². The molecule has 1 N–H and O–H groups in total. The third-order valence-corrected chi connectivity index (χ3v) is 3.92. The molecule has 0 spiro atoms. The highest BCUT2D eigenvalue weighted by Crippen LogP contribution is 2.33. The average Bonchev–Trinajstić information content (AvgIpc) is 2.85. The van der Waals surface area contributed by atoms with Crippen molar-refractivity contribution in [3.05, 3.63) is 35.9 Å². The largest absolute Gasteiger partial charge is 0.356 e. The Bertz CT molecular complexity index is 445. The maximum atomic E-state index is 11.5. The van der Waals surface area contributed by atoms with E-state index < -0.39 is 0 Å². The monoisotopic (exact) mass is 263 g/mol. The second-order valence-corrected chi connectivity index (χ2v) is 5.50. The molecule has 1 heterocycles. The number of nitrogens with zero attached hydrogens (tertiary/aromatic N) is 2. The molecule has 0 radical (unpaired) electrons. The van der Waals surface area contributed by atoms with Gasteiger partial charge in [0.2, 0.25) is 5.91 Å². The van der Waals surface area contributed by atoms with Gasteiger partial charge in [0.25, 0.3) is 0 Å². The van der Waals surface area contributed by atoms with Gasteiger partial charge in [0.05, 0.1) is 18.3 Å². The van der Waals surface area contributed by atoms with Gasteiger partial charge in [0.15, 0.2) is 5.17 Å². The van der Waals surface area contributed by atoms with Crippen LogP contribution in [0.5, 0.6) is 0 Å². The SMILES string of the molecule is CN(C)C(=O)CNC1=NCC(c2ccccc2)S1. The normalized spacial score (nSPS) is 18.3. The van der Waals surface area contributed by atoms with Crippen molar-refractivity contribution in [1.29, 1.82) is 0 Å². The lowest BCUT2D eigenvalue weighted by Crippen LogP contribution is -2.34. The summed E-state index contributed by atoms with van der Waals surface area (Å²) in [6.07, 6.45) is 0. The first-order valence-electron chi connectivity index (χ1n) is 5.87. The van der Waals surface area contributed by atoms with Gasteiger partial charge in [-0.3, -0.25) is 9.79 Å². The first kappa shape index (κ1) is 13.0. The number of rotatable bonds is 3. The topological polar surface area (TPSA) is 44.7 Å². The van der Waals surface area contributed by atoms with Gasteiger partial charge in [-0.1, -0.05) is 42.1 Å². The number of nitrogens with one attached hydrogen (secondary N) is 1. The molecule has 2 rings (SSSR count). The number of carbonyl (C=O) groups excluding carboxylic acids is 1. The zero-order valence-corrected chi connectivity index (χ0v) is 11.4. The molecule has 0 saturated carbocycles. The fourth-order valence-corrected chi connectivity index (χ4v) is 2.64. The van der Waals surface area contributed by atoms with Crippen molar-refractivity contribution < 1.29 is 4.79 Å². The molecule has 1 aliphatic heterocycles. The quantitative estimate of drug-likeness (QED) is 0.899. The van der Waals surface area contributed by atoms with E-state index in [1.807, 2.05) is 18.2 Å². The molecule has 0 bridgehead atoms. The van der Waals surface area contributed by atoms with Crippen LogP contribution in [0.3, 0.4) is 0 Å². The van der Waals surface area contributed by atoms with Crippen LogP contribution < -0.4 is 5.32 Å². The van der Waals surface area contributed by atoms with Gasteiger partial charge < -0.3 is 10.2 Å². The summed E-state index contributed by atoms with van der Waals surface area (Å²) in [5, 5.41) is 4.31. The van der Waals surface area contributed by atoms with Gasteiger partial charge >= 0.3 is 0 Å². The molecule has 4 nitrogen and oxygen atoms in total. The molecule has 1 aromatic carbocycles. The molecule has 1 atom stereocenters. The molecule has 0 aliphatic carbocycles. The van der Waals surface area contributed by atoms with Gasteiger partial charge in [-0.05, 0) is 5.56 Å². The molecule has 1 aliphatic rings. The third kappa shape index (κ3) is 3.26. The summed E-state index contributed by atoms with van der Waals surface area (Å²) in [5.41, 5.74) is 1.28. The lowest BCUT2D eigenvalue weighted by Gasteiger charge is -2.12. The van der Waals surface area contributed by atoms with Crippen LogP contribution in [0.15, 0.2) is 35.3 Å². The number of hydrogen-bond donors (Lipinski definition) is 1. The molecule has 1 amide bonds. The molecular weight excluding hydrogens is 246 g/mol. The van der Waals surface area contributed by atoms with Crippen LogP contribution in [-0.2, 0) is 4.79 Å². The molecule has 0 saturated heterocycles. The van der Waals surface area contributed by atoms with Crippen molar-refractivity contribution in [3.63, 3.8) is 0 Å². The molecular formula is C13H17N3OS. The van der Waals surface area contributed by atoms with E-state index in [4.69, 9.17) is 0 Å². The Morgan fingerprint density at radius 2 is 2.17 bits per heavy atom. The molecule has 0 aromatic heterocycles. The molecule has 1 aromatic rings. The Labute approximate surface area is 111 Å². The van der Waals surface area contributed by atoms with Crippen molar-refractivity contribution in [1.82, 2.24) is 10.2 Å². The second kappa shape index (κ2) is 5.91. The Balaban J connectivity index is 1.83. The maximum absolute atomic E-state index is 11.5. The van der Waals surface area contributed by atoms with E-state index in [0.717, 1.165) is 11.7 Å². The second-order valence-electron chi connectivity index (χ2n) is 4.30. The lowest BCUT2D eigenvalue weighted by atomic mass is 10.1. The number of amidine groups is 1. The zero-order valence-electron chi connectivity index (χ0n) is 10.6. The Morgan fingerprint density at radius 3 is 2.83 bits per heavy atom. The minimum Gasteiger partial charge on any atom is -0.356 e. The van der Waals surface area contributed by atoms with Crippen LogP contribution in [0.2, 0.25) is 0 Å². The van der Waals surface area contributed by atoms with Crippen molar-refractivity contribution in [2.75, 3.05) is 27.2 Å². The van der Waals surface area contributed by atoms with Crippen LogP contribution in [-0.4, -0.2) is 43.2 Å². The number of thioether (sulfide) groups is 1. The fraction of sp³-hybridized carbons (Fsp3) is 0.385. The maximum Gasteiger partial charge on any atom is 0.241 e. The smallest absolute Gasteiger partial charge is 0.241 e. The van der Waals surface area contributed by atoms with Gasteiger partial charge in [-0.25, -0.2) is 0 Å². The summed E-state index contributed by atoms with van der Waals surface area (Å²) in [5.74, 6) is 0.0569. The standard InChI is InChI=1S/C13H17N3OS/c1-16(2)12(17)9-15-13-14-8-11(18-13)10-6-4-3-5-7-10/h3-7,11H,8-9H2,1-2H3,(H,14,15). The van der Waals surface area contributed by atoms with Crippen LogP contribution in [0, 0.1) is 0 Å². The number of likely N-dealkylation sites (N-methyl/N-ethyl adjacent to an activating group) is 1. The van der Waals surface area contributed by atoms with E-state index >= 15 is 0 Å². The average molecular weight is 263 g/mol.